The normalized spacial score (nSPS) is 45.5. The van der Waals surface area contributed by atoms with Gasteiger partial charge >= 0.3 is 0 Å². The van der Waals surface area contributed by atoms with Gasteiger partial charge < -0.3 is 5.11 Å². The maximum Gasteiger partial charge on any atom is 0.137 e. The summed E-state index contributed by atoms with van der Waals surface area (Å²) in [5, 5.41) is 11.1. The van der Waals surface area contributed by atoms with Crippen molar-refractivity contribution in [1.82, 2.24) is 4.90 Å². The Labute approximate surface area is 133 Å². The third-order valence-corrected chi connectivity index (χ3v) is 7.56. The molecule has 0 aromatic heterocycles. The van der Waals surface area contributed by atoms with E-state index in [1.54, 1.807) is 5.57 Å². The van der Waals surface area contributed by atoms with Crippen molar-refractivity contribution in [2.45, 2.75) is 89.3 Å². The van der Waals surface area contributed by atoms with Gasteiger partial charge in [0.1, 0.15) is 5.78 Å². The van der Waals surface area contributed by atoms with Gasteiger partial charge in [-0.05, 0) is 44.9 Å². The number of aliphatic hydroxyl groups is 1. The molecule has 122 valence electrons. The molecule has 4 rings (SSSR count). The molecule has 1 saturated carbocycles. The molecule has 0 aromatic rings. The van der Waals surface area contributed by atoms with Crippen LogP contribution in [0.4, 0.5) is 0 Å². The lowest BCUT2D eigenvalue weighted by atomic mass is 9.64. The highest BCUT2D eigenvalue weighted by Crippen LogP contribution is 2.57. The first kappa shape index (κ1) is 14.9. The van der Waals surface area contributed by atoms with Crippen LogP contribution in [0.15, 0.2) is 11.1 Å². The summed E-state index contributed by atoms with van der Waals surface area (Å²) in [6, 6.07) is 1.09. The highest BCUT2D eigenvalue weighted by Gasteiger charge is 2.60. The summed E-state index contributed by atoms with van der Waals surface area (Å²) in [5.41, 5.74) is 2.64. The minimum Gasteiger partial charge on any atom is -0.389 e. The average Bonchev–Trinajstić information content (AvgIpc) is 2.79. The highest BCUT2D eigenvalue weighted by atomic mass is 16.3. The van der Waals surface area contributed by atoms with Gasteiger partial charge in [0.15, 0.2) is 0 Å². The number of nitrogens with zero attached hydrogens (tertiary/aromatic N) is 1. The zero-order valence-electron chi connectivity index (χ0n) is 14.0. The van der Waals surface area contributed by atoms with Gasteiger partial charge in [-0.25, -0.2) is 0 Å². The van der Waals surface area contributed by atoms with E-state index in [1.165, 1.54) is 12.0 Å². The lowest BCUT2D eigenvalue weighted by Crippen LogP contribution is -2.61. The molecule has 0 radical (unpaired) electrons. The molecule has 2 fully saturated rings. The molecule has 1 N–H and O–H groups in total. The molecule has 0 unspecified atom stereocenters. The quantitative estimate of drug-likeness (QED) is 0.756. The lowest BCUT2D eigenvalue weighted by Gasteiger charge is -2.56. The van der Waals surface area contributed by atoms with Crippen molar-refractivity contribution in [2.24, 2.45) is 5.41 Å². The molecule has 4 aliphatic rings. The first-order chi connectivity index (χ1) is 10.5. The van der Waals surface area contributed by atoms with Crippen molar-refractivity contribution < 1.29 is 9.90 Å². The monoisotopic (exact) mass is 303 g/mol. The molecule has 2 aliphatic carbocycles. The molecule has 0 spiro atoms. The van der Waals surface area contributed by atoms with E-state index < -0.39 is 5.60 Å². The molecule has 22 heavy (non-hydrogen) atoms. The van der Waals surface area contributed by atoms with Crippen LogP contribution in [0.2, 0.25) is 0 Å². The van der Waals surface area contributed by atoms with E-state index in [9.17, 15) is 9.90 Å². The Balaban J connectivity index is 1.65. The summed E-state index contributed by atoms with van der Waals surface area (Å²) in [7, 11) is 0. The van der Waals surface area contributed by atoms with Crippen molar-refractivity contribution in [2.75, 3.05) is 6.54 Å². The molecule has 4 atom stereocenters. The largest absolute Gasteiger partial charge is 0.389 e. The van der Waals surface area contributed by atoms with Crippen molar-refractivity contribution in [3.63, 3.8) is 0 Å². The van der Waals surface area contributed by atoms with E-state index in [2.05, 4.69) is 18.7 Å². The smallest absolute Gasteiger partial charge is 0.137 e. The second-order valence-corrected chi connectivity index (χ2v) is 8.24. The Morgan fingerprint density at radius 3 is 2.82 bits per heavy atom. The maximum atomic E-state index is 11.8. The fourth-order valence-electron chi connectivity index (χ4n) is 6.11. The maximum absolute atomic E-state index is 11.8. The zero-order chi connectivity index (χ0) is 15.5. The predicted molar refractivity (Wildman–Crippen MR) is 86.6 cm³/mol. The molecule has 3 heteroatoms. The number of hydrogen-bond donors (Lipinski definition) is 1. The second kappa shape index (κ2) is 4.91. The number of piperidine rings is 1. The van der Waals surface area contributed by atoms with E-state index >= 15 is 0 Å². The molecule has 2 heterocycles. The summed E-state index contributed by atoms with van der Waals surface area (Å²) >= 11 is 0. The zero-order valence-corrected chi connectivity index (χ0v) is 14.0. The van der Waals surface area contributed by atoms with Crippen LogP contribution in [0.25, 0.3) is 0 Å². The summed E-state index contributed by atoms with van der Waals surface area (Å²) in [6.45, 7) is 5.57. The third kappa shape index (κ3) is 1.85. The molecular formula is C19H29NO2. The summed E-state index contributed by atoms with van der Waals surface area (Å²) in [6.07, 6.45) is 8.82. The average molecular weight is 303 g/mol. The molecule has 2 aliphatic heterocycles. The Hall–Kier alpha value is -0.670. The number of carbonyl (C=O) groups excluding carboxylic acids is 1. The van der Waals surface area contributed by atoms with Crippen LogP contribution in [-0.4, -0.2) is 40.0 Å². The molecule has 0 aromatic carbocycles. The third-order valence-electron chi connectivity index (χ3n) is 7.56. The van der Waals surface area contributed by atoms with E-state index in [0.717, 1.165) is 57.9 Å². The molecule has 0 amide bonds. The summed E-state index contributed by atoms with van der Waals surface area (Å²) < 4.78 is 0. The molecule has 0 bridgehead atoms. The first-order valence-corrected chi connectivity index (χ1v) is 9.19. The van der Waals surface area contributed by atoms with Crippen molar-refractivity contribution in [3.05, 3.63) is 11.1 Å². The predicted octanol–water partition coefficient (Wildman–Crippen LogP) is 3.21. The number of ketones is 1. The first-order valence-electron chi connectivity index (χ1n) is 9.19. The lowest BCUT2D eigenvalue weighted by molar-refractivity contribution is -0.120. The van der Waals surface area contributed by atoms with Crippen LogP contribution in [-0.2, 0) is 4.79 Å². The van der Waals surface area contributed by atoms with Crippen molar-refractivity contribution >= 4 is 5.78 Å². The van der Waals surface area contributed by atoms with Gasteiger partial charge in [0.2, 0.25) is 0 Å². The number of hydrogen-bond acceptors (Lipinski definition) is 3. The Bertz CT molecular complexity index is 540. The van der Waals surface area contributed by atoms with Crippen LogP contribution in [0.3, 0.4) is 0 Å². The van der Waals surface area contributed by atoms with Crippen LogP contribution < -0.4 is 0 Å². The van der Waals surface area contributed by atoms with Crippen LogP contribution in [0.1, 0.15) is 71.6 Å². The van der Waals surface area contributed by atoms with Gasteiger partial charge in [0, 0.05) is 36.9 Å². The standard InChI is InChI=1S/C19H29NO2/c1-3-19(22)10-7-17-18(19,2)9-6-16-15-5-4-14(21)12-13(15)8-11-20(16)17/h16-17,22H,3-12H2,1-2H3/t16-,17-,18+,19+/m1/s1. The Kier molecular flexibility index (Phi) is 3.32. The van der Waals surface area contributed by atoms with Gasteiger partial charge in [-0.3, -0.25) is 9.69 Å². The molecule has 1 saturated heterocycles. The minimum atomic E-state index is -0.472. The molecular weight excluding hydrogens is 274 g/mol. The van der Waals surface area contributed by atoms with Gasteiger partial charge in [-0.1, -0.05) is 25.0 Å². The van der Waals surface area contributed by atoms with E-state index in [-0.39, 0.29) is 5.41 Å². The van der Waals surface area contributed by atoms with E-state index in [0.29, 0.717) is 17.9 Å². The Morgan fingerprint density at radius 2 is 2.05 bits per heavy atom. The van der Waals surface area contributed by atoms with Crippen molar-refractivity contribution in [1.29, 1.82) is 0 Å². The van der Waals surface area contributed by atoms with E-state index in [4.69, 9.17) is 0 Å². The van der Waals surface area contributed by atoms with Crippen molar-refractivity contribution in [3.8, 4) is 0 Å². The summed E-state index contributed by atoms with van der Waals surface area (Å²) in [4.78, 5) is 14.5. The van der Waals surface area contributed by atoms with Crippen LogP contribution in [0.5, 0.6) is 0 Å². The number of rotatable bonds is 1. The molecule has 3 nitrogen and oxygen atoms in total. The van der Waals surface area contributed by atoms with Gasteiger partial charge in [0.05, 0.1) is 5.60 Å². The highest BCUT2D eigenvalue weighted by molar-refractivity contribution is 5.83. The Morgan fingerprint density at radius 1 is 1.23 bits per heavy atom. The number of Topliss-reactive ketones (excluding diaryl/α,β-unsaturated/α-hetero) is 1. The van der Waals surface area contributed by atoms with Crippen LogP contribution in [0, 0.1) is 5.41 Å². The van der Waals surface area contributed by atoms with E-state index in [1.807, 2.05) is 0 Å². The van der Waals surface area contributed by atoms with Gasteiger partial charge in [-0.2, -0.15) is 0 Å². The summed E-state index contributed by atoms with van der Waals surface area (Å²) in [5.74, 6) is 0.439. The van der Waals surface area contributed by atoms with Gasteiger partial charge in [0.25, 0.3) is 0 Å². The van der Waals surface area contributed by atoms with Gasteiger partial charge in [-0.15, -0.1) is 0 Å². The van der Waals surface area contributed by atoms with Crippen LogP contribution >= 0.6 is 0 Å². The fraction of sp³-hybridized carbons (Fsp3) is 0.842. The SMILES string of the molecule is CC[C@]1(O)CC[C@H]2N3CCC4=C(CCC(=O)C4)[C@H]3CC[C@@]21C. The fourth-order valence-corrected chi connectivity index (χ4v) is 6.11. The topological polar surface area (TPSA) is 40.5 Å². The minimum absolute atomic E-state index is 0.0563. The number of carbonyl (C=O) groups is 1. The number of fused-ring (bicyclic) bond motifs is 4. The second-order valence-electron chi connectivity index (χ2n) is 8.24.